The van der Waals surface area contributed by atoms with Crippen molar-refractivity contribution in [1.82, 2.24) is 24.1 Å². The summed E-state index contributed by atoms with van der Waals surface area (Å²) >= 11 is 0. The van der Waals surface area contributed by atoms with Crippen LogP contribution in [0.25, 0.3) is 22.1 Å². The maximum atomic E-state index is 12.8. The second-order valence-electron chi connectivity index (χ2n) is 5.34. The van der Waals surface area contributed by atoms with E-state index in [1.807, 2.05) is 0 Å². The molecule has 0 spiro atoms. The van der Waals surface area contributed by atoms with Crippen LogP contribution < -0.4 is 0 Å². The van der Waals surface area contributed by atoms with Crippen LogP contribution in [0.3, 0.4) is 0 Å². The molecule has 4 rings (SSSR count). The van der Waals surface area contributed by atoms with Crippen LogP contribution in [0.15, 0.2) is 47.6 Å². The Labute approximate surface area is 136 Å². The molecule has 8 nitrogen and oxygen atoms in total. The summed E-state index contributed by atoms with van der Waals surface area (Å²) in [5.74, 6) is 0.276. The van der Waals surface area contributed by atoms with Gasteiger partial charge in [0.2, 0.25) is 0 Å². The highest BCUT2D eigenvalue weighted by Gasteiger charge is 2.22. The Kier molecular flexibility index (Phi) is 3.15. The molecule has 0 aliphatic carbocycles. The minimum atomic E-state index is -3.80. The zero-order valence-electron chi connectivity index (χ0n) is 12.6. The molecule has 3 aromatic heterocycles. The summed E-state index contributed by atoms with van der Waals surface area (Å²) in [5.41, 5.74) is 1.22. The largest absolute Gasteiger partial charge is 0.385 e. The van der Waals surface area contributed by atoms with Gasteiger partial charge in [-0.15, -0.1) is 0 Å². The van der Waals surface area contributed by atoms with Crippen LogP contribution in [0.1, 0.15) is 18.9 Å². The molecule has 1 atom stereocenters. The molecule has 0 amide bonds. The van der Waals surface area contributed by atoms with E-state index >= 15 is 0 Å². The Hall–Kier alpha value is -2.78. The van der Waals surface area contributed by atoms with Crippen LogP contribution in [0.4, 0.5) is 0 Å². The van der Waals surface area contributed by atoms with Crippen molar-refractivity contribution in [2.75, 3.05) is 0 Å². The number of fused-ring (bicyclic) bond motifs is 3. The topological polar surface area (TPSA) is 114 Å². The summed E-state index contributed by atoms with van der Waals surface area (Å²) < 4.78 is 26.6. The number of imidazole rings is 1. The monoisotopic (exact) mass is 343 g/mol. The fraction of sp³-hybridized carbons (Fsp3) is 0.133. The van der Waals surface area contributed by atoms with E-state index in [9.17, 15) is 13.5 Å². The molecule has 0 fully saturated rings. The lowest BCUT2D eigenvalue weighted by atomic mass is 10.3. The normalized spacial score (nSPS) is 13.6. The number of benzene rings is 1. The minimum Gasteiger partial charge on any atom is -0.385 e. The number of aliphatic hydroxyl groups is 1. The zero-order chi connectivity index (χ0) is 16.9. The van der Waals surface area contributed by atoms with E-state index in [1.165, 1.54) is 24.5 Å². The lowest BCUT2D eigenvalue weighted by molar-refractivity contribution is 0.190. The first-order chi connectivity index (χ1) is 11.5. The van der Waals surface area contributed by atoms with Crippen LogP contribution >= 0.6 is 0 Å². The lowest BCUT2D eigenvalue weighted by Gasteiger charge is -2.05. The molecule has 9 heteroatoms. The van der Waals surface area contributed by atoms with Gasteiger partial charge in [-0.25, -0.2) is 15.0 Å². The molecule has 0 bridgehead atoms. The number of aromatic nitrogens is 5. The summed E-state index contributed by atoms with van der Waals surface area (Å²) in [6.07, 6.45) is 2.15. The molecular weight excluding hydrogens is 330 g/mol. The molecule has 0 aliphatic rings. The van der Waals surface area contributed by atoms with Crippen molar-refractivity contribution in [2.45, 2.75) is 17.9 Å². The van der Waals surface area contributed by atoms with E-state index < -0.39 is 16.1 Å². The lowest BCUT2D eigenvalue weighted by Crippen LogP contribution is -2.14. The van der Waals surface area contributed by atoms with E-state index in [-0.39, 0.29) is 16.4 Å². The summed E-state index contributed by atoms with van der Waals surface area (Å²) in [5, 5.41) is 12.9. The van der Waals surface area contributed by atoms with Crippen molar-refractivity contribution in [3.8, 4) is 0 Å². The van der Waals surface area contributed by atoms with Crippen LogP contribution in [-0.2, 0) is 10.0 Å². The van der Waals surface area contributed by atoms with Gasteiger partial charge in [0, 0.05) is 6.20 Å². The van der Waals surface area contributed by atoms with Gasteiger partial charge >= 0.3 is 0 Å². The number of hydrogen-bond donors (Lipinski definition) is 2. The molecule has 24 heavy (non-hydrogen) atoms. The van der Waals surface area contributed by atoms with Crippen LogP contribution in [-0.4, -0.2) is 37.7 Å². The third-order valence-electron chi connectivity index (χ3n) is 3.68. The highest BCUT2D eigenvalue weighted by molar-refractivity contribution is 7.90. The average Bonchev–Trinajstić information content (AvgIpc) is 3.19. The van der Waals surface area contributed by atoms with Gasteiger partial charge in [-0.1, -0.05) is 18.2 Å². The fourth-order valence-corrected chi connectivity index (χ4v) is 3.78. The smallest absolute Gasteiger partial charge is 0.283 e. The number of aromatic amines is 1. The highest BCUT2D eigenvalue weighted by atomic mass is 32.2. The van der Waals surface area contributed by atoms with Gasteiger partial charge in [0.25, 0.3) is 10.0 Å². The number of pyridine rings is 1. The molecule has 3 heterocycles. The van der Waals surface area contributed by atoms with E-state index in [2.05, 4.69) is 20.1 Å². The molecule has 0 saturated carbocycles. The minimum absolute atomic E-state index is 0.152. The molecular formula is C15H13N5O3S. The first kappa shape index (κ1) is 14.8. The second-order valence-corrected chi connectivity index (χ2v) is 7.13. The summed E-state index contributed by atoms with van der Waals surface area (Å²) in [6, 6.07) is 8.09. The Morgan fingerprint density at radius 3 is 2.67 bits per heavy atom. The Morgan fingerprint density at radius 1 is 1.21 bits per heavy atom. The molecule has 122 valence electrons. The van der Waals surface area contributed by atoms with Gasteiger partial charge in [0.1, 0.15) is 17.1 Å². The van der Waals surface area contributed by atoms with Crippen molar-refractivity contribution in [3.05, 3.63) is 48.5 Å². The van der Waals surface area contributed by atoms with E-state index in [4.69, 9.17) is 0 Å². The third-order valence-corrected chi connectivity index (χ3v) is 5.31. The van der Waals surface area contributed by atoms with Gasteiger partial charge in [-0.2, -0.15) is 12.5 Å². The standard InChI is InChI=1S/C15H13N5O3S/c1-9(21)14-18-12-8-16-15-11(13(12)19-14)7-17-20(15)24(22,23)10-5-3-2-4-6-10/h2-9,17,21H,1H3/t9-/m1/s1. The molecule has 0 radical (unpaired) electrons. The van der Waals surface area contributed by atoms with E-state index in [1.54, 1.807) is 25.1 Å². The maximum Gasteiger partial charge on any atom is 0.283 e. The van der Waals surface area contributed by atoms with Crippen LogP contribution in [0.2, 0.25) is 0 Å². The maximum absolute atomic E-state index is 12.8. The van der Waals surface area contributed by atoms with Gasteiger partial charge in [0.05, 0.1) is 16.5 Å². The van der Waals surface area contributed by atoms with Crippen molar-refractivity contribution >= 4 is 32.1 Å². The molecule has 0 saturated heterocycles. The van der Waals surface area contributed by atoms with Crippen molar-refractivity contribution in [1.29, 1.82) is 0 Å². The summed E-state index contributed by atoms with van der Waals surface area (Å²) in [7, 11) is -3.80. The average molecular weight is 343 g/mol. The van der Waals surface area contributed by atoms with E-state index in [0.29, 0.717) is 16.4 Å². The third kappa shape index (κ3) is 2.09. The Bertz CT molecular complexity index is 1150. The van der Waals surface area contributed by atoms with Gasteiger partial charge in [-0.3, -0.25) is 5.10 Å². The number of hydrogen-bond acceptors (Lipinski definition) is 6. The molecule has 2 N–H and O–H groups in total. The SMILES string of the molecule is C[C@@H](O)c1nc2cnc3c(c[nH]n3S(=O)(=O)c3ccccc3)c2n1. The predicted molar refractivity (Wildman–Crippen MR) is 86.8 cm³/mol. The number of rotatable bonds is 3. The molecule has 4 aromatic rings. The predicted octanol–water partition coefficient (Wildman–Crippen LogP) is 1.60. The Morgan fingerprint density at radius 2 is 1.96 bits per heavy atom. The van der Waals surface area contributed by atoms with Crippen LogP contribution in [0, 0.1) is 0 Å². The second kappa shape index (κ2) is 5.11. The summed E-state index contributed by atoms with van der Waals surface area (Å²) in [6.45, 7) is 1.57. The van der Waals surface area contributed by atoms with Crippen molar-refractivity contribution in [3.63, 3.8) is 0 Å². The van der Waals surface area contributed by atoms with E-state index in [0.717, 1.165) is 4.09 Å². The van der Waals surface area contributed by atoms with Crippen molar-refractivity contribution in [2.24, 2.45) is 0 Å². The number of aliphatic hydroxyl groups excluding tert-OH is 1. The molecule has 0 unspecified atom stereocenters. The number of nitrogens with one attached hydrogen (secondary N) is 1. The quantitative estimate of drug-likeness (QED) is 0.584. The molecule has 0 aliphatic heterocycles. The highest BCUT2D eigenvalue weighted by Crippen LogP contribution is 2.25. The number of H-pyrrole nitrogens is 1. The summed E-state index contributed by atoms with van der Waals surface area (Å²) in [4.78, 5) is 12.8. The van der Waals surface area contributed by atoms with Crippen LogP contribution in [0.5, 0.6) is 0 Å². The van der Waals surface area contributed by atoms with Gasteiger partial charge in [-0.05, 0) is 19.1 Å². The Balaban J connectivity index is 1.97. The first-order valence-electron chi connectivity index (χ1n) is 7.19. The number of nitrogens with zero attached hydrogens (tertiary/aromatic N) is 4. The fourth-order valence-electron chi connectivity index (χ4n) is 2.51. The zero-order valence-corrected chi connectivity index (χ0v) is 13.4. The molecule has 1 aromatic carbocycles. The van der Waals surface area contributed by atoms with Crippen molar-refractivity contribution < 1.29 is 13.5 Å². The van der Waals surface area contributed by atoms with Gasteiger partial charge < -0.3 is 5.11 Å². The van der Waals surface area contributed by atoms with Gasteiger partial charge in [0.15, 0.2) is 11.5 Å². The first-order valence-corrected chi connectivity index (χ1v) is 8.63.